The normalized spacial score (nSPS) is 46.9. The van der Waals surface area contributed by atoms with Crippen LogP contribution in [0.15, 0.2) is 23.8 Å². The summed E-state index contributed by atoms with van der Waals surface area (Å²) in [5.74, 6) is 1.03. The van der Waals surface area contributed by atoms with Gasteiger partial charge in [0.2, 0.25) is 0 Å². The number of carbonyl (C=O) groups is 1. The molecule has 0 aromatic carbocycles. The Morgan fingerprint density at radius 3 is 2.35 bits per heavy atom. The maximum absolute atomic E-state index is 13.1. The summed E-state index contributed by atoms with van der Waals surface area (Å²) in [6.45, 7) is 14.9. The molecule has 0 heterocycles. The molecule has 0 amide bonds. The molecule has 0 spiro atoms. The second-order valence-electron chi connectivity index (χ2n) is 13.9. The van der Waals surface area contributed by atoms with Crippen LogP contribution < -0.4 is 0 Å². The number of hydrogen-bond donors (Lipinski definition) is 3. The van der Waals surface area contributed by atoms with Crippen molar-refractivity contribution in [2.45, 2.75) is 111 Å². The van der Waals surface area contributed by atoms with Crippen LogP contribution >= 0.6 is 0 Å². The van der Waals surface area contributed by atoms with Crippen LogP contribution in [0.2, 0.25) is 0 Å². The van der Waals surface area contributed by atoms with Crippen molar-refractivity contribution in [3.63, 3.8) is 0 Å². The molecule has 3 unspecified atom stereocenters. The summed E-state index contributed by atoms with van der Waals surface area (Å²) in [6, 6.07) is 0. The van der Waals surface area contributed by atoms with Gasteiger partial charge in [0.25, 0.3) is 0 Å². The predicted molar refractivity (Wildman–Crippen MR) is 136 cm³/mol. The van der Waals surface area contributed by atoms with Gasteiger partial charge in [-0.05, 0) is 87.4 Å². The van der Waals surface area contributed by atoms with Gasteiger partial charge in [0.15, 0.2) is 0 Å². The zero-order chi connectivity index (χ0) is 25.3. The molecule has 9 atom stereocenters. The minimum atomic E-state index is -0.792. The molecular formula is C30H48O4. The third kappa shape index (κ3) is 3.61. The smallest absolute Gasteiger partial charge is 0.127 e. The van der Waals surface area contributed by atoms with Crippen LogP contribution in [-0.2, 0) is 4.79 Å². The van der Waals surface area contributed by atoms with Gasteiger partial charge in [0.05, 0.1) is 17.8 Å². The van der Waals surface area contributed by atoms with E-state index in [1.165, 1.54) is 6.29 Å². The summed E-state index contributed by atoms with van der Waals surface area (Å²) in [5, 5.41) is 32.5. The van der Waals surface area contributed by atoms with Crippen molar-refractivity contribution in [3.8, 4) is 0 Å². The Balaban J connectivity index is 1.70. The van der Waals surface area contributed by atoms with Crippen LogP contribution in [-0.4, -0.2) is 39.4 Å². The second-order valence-corrected chi connectivity index (χ2v) is 13.9. The standard InChI is InChI=1S/C30H48O4/c1-19(9-8-13-26(2,3)34)20-12-14-29(7)25-23(32)17-22-21(10-11-24(33)27(22,4)5)30(25,18-31)16-15-28(20,29)6/h8,13,17-21,23-25,32-34H,9-12,14-16H2,1-7H3/b13-8+/t19-,20-,21?,23+,24+,25?,28-,29+,30?/m1/s1. The lowest BCUT2D eigenvalue weighted by Crippen LogP contribution is -2.64. The minimum Gasteiger partial charge on any atom is -0.392 e. The summed E-state index contributed by atoms with van der Waals surface area (Å²) < 4.78 is 0. The van der Waals surface area contributed by atoms with Crippen molar-refractivity contribution in [1.29, 1.82) is 0 Å². The molecule has 3 N–H and O–H groups in total. The van der Waals surface area contributed by atoms with Gasteiger partial charge in [-0.2, -0.15) is 0 Å². The first kappa shape index (κ1) is 26.1. The van der Waals surface area contributed by atoms with E-state index in [1.54, 1.807) is 13.8 Å². The van der Waals surface area contributed by atoms with E-state index in [9.17, 15) is 20.1 Å². The van der Waals surface area contributed by atoms with Gasteiger partial charge in [-0.1, -0.05) is 58.4 Å². The Morgan fingerprint density at radius 2 is 1.74 bits per heavy atom. The van der Waals surface area contributed by atoms with Crippen LogP contribution in [0.4, 0.5) is 0 Å². The molecule has 4 aliphatic rings. The van der Waals surface area contributed by atoms with Gasteiger partial charge in [0.1, 0.15) is 6.29 Å². The summed E-state index contributed by atoms with van der Waals surface area (Å²) in [7, 11) is 0. The molecule has 0 aromatic heterocycles. The van der Waals surface area contributed by atoms with Crippen molar-refractivity contribution in [3.05, 3.63) is 23.8 Å². The summed E-state index contributed by atoms with van der Waals surface area (Å²) in [5.41, 5.74) is -0.705. The number of allylic oxidation sites excluding steroid dienone is 1. The van der Waals surface area contributed by atoms with E-state index in [0.717, 1.165) is 44.1 Å². The molecule has 0 aliphatic heterocycles. The Labute approximate surface area is 206 Å². The Hall–Kier alpha value is -0.970. The molecular weight excluding hydrogens is 424 g/mol. The van der Waals surface area contributed by atoms with E-state index in [4.69, 9.17) is 0 Å². The fraction of sp³-hybridized carbons (Fsp3) is 0.833. The second kappa shape index (κ2) is 8.28. The molecule has 4 heteroatoms. The average Bonchev–Trinajstić information content (AvgIpc) is 3.01. The first-order chi connectivity index (χ1) is 15.6. The van der Waals surface area contributed by atoms with E-state index >= 15 is 0 Å². The highest BCUT2D eigenvalue weighted by Crippen LogP contribution is 2.74. The summed E-state index contributed by atoms with van der Waals surface area (Å²) in [4.78, 5) is 13.1. The van der Waals surface area contributed by atoms with Gasteiger partial charge in [-0.25, -0.2) is 0 Å². The van der Waals surface area contributed by atoms with E-state index in [1.807, 2.05) is 12.2 Å². The van der Waals surface area contributed by atoms with Crippen LogP contribution in [0.5, 0.6) is 0 Å². The zero-order valence-corrected chi connectivity index (χ0v) is 22.5. The average molecular weight is 473 g/mol. The van der Waals surface area contributed by atoms with Crippen LogP contribution in [0, 0.1) is 45.3 Å². The number of carbonyl (C=O) groups excluding carboxylic acids is 1. The minimum absolute atomic E-state index is 0.0577. The topological polar surface area (TPSA) is 77.8 Å². The van der Waals surface area contributed by atoms with Gasteiger partial charge in [0, 0.05) is 16.7 Å². The number of hydrogen-bond acceptors (Lipinski definition) is 4. The van der Waals surface area contributed by atoms with E-state index in [2.05, 4.69) is 40.7 Å². The third-order valence-corrected chi connectivity index (χ3v) is 11.4. The molecule has 0 radical (unpaired) electrons. The highest BCUT2D eigenvalue weighted by Gasteiger charge is 2.70. The van der Waals surface area contributed by atoms with Gasteiger partial charge < -0.3 is 20.1 Å². The number of aldehydes is 1. The Kier molecular flexibility index (Phi) is 6.36. The molecule has 0 aromatic rings. The first-order valence-corrected chi connectivity index (χ1v) is 13.6. The predicted octanol–water partition coefficient (Wildman–Crippen LogP) is 5.46. The summed E-state index contributed by atoms with van der Waals surface area (Å²) >= 11 is 0. The van der Waals surface area contributed by atoms with Gasteiger partial charge in [-0.15, -0.1) is 0 Å². The quantitative estimate of drug-likeness (QED) is 0.367. The zero-order valence-electron chi connectivity index (χ0n) is 22.5. The number of rotatable bonds is 5. The number of aliphatic hydroxyl groups is 3. The van der Waals surface area contributed by atoms with Crippen LogP contribution in [0.1, 0.15) is 93.4 Å². The molecule has 3 saturated carbocycles. The molecule has 0 bridgehead atoms. The van der Waals surface area contributed by atoms with Crippen molar-refractivity contribution < 1.29 is 20.1 Å². The van der Waals surface area contributed by atoms with Gasteiger partial charge in [-0.3, -0.25) is 0 Å². The van der Waals surface area contributed by atoms with Crippen LogP contribution in [0.25, 0.3) is 0 Å². The molecule has 0 saturated heterocycles. The fourth-order valence-electron chi connectivity index (χ4n) is 9.29. The van der Waals surface area contributed by atoms with E-state index in [-0.39, 0.29) is 22.7 Å². The monoisotopic (exact) mass is 472 g/mol. The number of fused-ring (bicyclic) bond motifs is 5. The van der Waals surface area contributed by atoms with E-state index < -0.39 is 28.6 Å². The molecule has 4 rings (SSSR count). The Bertz CT molecular complexity index is 866. The van der Waals surface area contributed by atoms with Gasteiger partial charge >= 0.3 is 0 Å². The van der Waals surface area contributed by atoms with Crippen molar-refractivity contribution in [1.82, 2.24) is 0 Å². The SMILES string of the molecule is C[C@H](C/C=C/C(C)(C)O)[C@H]1CC[C@@]2(C)C3[C@@H](O)C=C4C(CC[C@H](O)C4(C)C)C3(C=O)CC[C@]12C. The highest BCUT2D eigenvalue weighted by molar-refractivity contribution is 5.65. The maximum Gasteiger partial charge on any atom is 0.127 e. The lowest BCUT2D eigenvalue weighted by molar-refractivity contribution is -0.182. The lowest BCUT2D eigenvalue weighted by atomic mass is 9.38. The lowest BCUT2D eigenvalue weighted by Gasteiger charge is -2.66. The van der Waals surface area contributed by atoms with E-state index in [0.29, 0.717) is 18.3 Å². The van der Waals surface area contributed by atoms with Crippen molar-refractivity contribution >= 4 is 6.29 Å². The Morgan fingerprint density at radius 1 is 1.06 bits per heavy atom. The molecule has 34 heavy (non-hydrogen) atoms. The van der Waals surface area contributed by atoms with Crippen molar-refractivity contribution in [2.75, 3.05) is 0 Å². The largest absolute Gasteiger partial charge is 0.392 e. The van der Waals surface area contributed by atoms with Crippen molar-refractivity contribution in [2.24, 2.45) is 45.3 Å². The maximum atomic E-state index is 13.1. The summed E-state index contributed by atoms with van der Waals surface area (Å²) in [6.07, 6.45) is 12.7. The molecule has 3 fully saturated rings. The number of aliphatic hydroxyl groups excluding tert-OH is 2. The highest BCUT2D eigenvalue weighted by atomic mass is 16.3. The first-order valence-electron chi connectivity index (χ1n) is 13.6. The third-order valence-electron chi connectivity index (χ3n) is 11.4. The fourth-order valence-corrected chi connectivity index (χ4v) is 9.29. The van der Waals surface area contributed by atoms with Crippen LogP contribution in [0.3, 0.4) is 0 Å². The molecule has 192 valence electrons. The molecule has 4 aliphatic carbocycles. The molecule has 4 nitrogen and oxygen atoms in total.